The standard InChI is InChI=1S/C14H16INOS/c1-2-7-17-12-5-3-10(4-6-12)14(16)11-8-13(15)18-9-11/h3-6,8-9,14H,2,7,16H2,1H3. The van der Waals surface area contributed by atoms with Gasteiger partial charge in [-0.15, -0.1) is 11.3 Å². The molecule has 1 aromatic carbocycles. The molecule has 0 spiro atoms. The van der Waals surface area contributed by atoms with Crippen molar-refractivity contribution < 1.29 is 4.74 Å². The summed E-state index contributed by atoms with van der Waals surface area (Å²) in [5.74, 6) is 0.910. The van der Waals surface area contributed by atoms with Gasteiger partial charge in [-0.05, 0) is 63.7 Å². The van der Waals surface area contributed by atoms with Crippen LogP contribution in [0, 0.1) is 2.88 Å². The first-order valence-corrected chi connectivity index (χ1v) is 7.89. The second-order valence-corrected chi connectivity index (χ2v) is 6.88. The molecule has 2 nitrogen and oxygen atoms in total. The first-order chi connectivity index (χ1) is 8.70. The number of thiophene rings is 1. The SMILES string of the molecule is CCCOc1ccc(C(N)c2csc(I)c2)cc1. The minimum absolute atomic E-state index is 0.0509. The quantitative estimate of drug-likeness (QED) is 0.798. The molecule has 0 radical (unpaired) electrons. The average molecular weight is 373 g/mol. The van der Waals surface area contributed by atoms with Gasteiger partial charge in [0.05, 0.1) is 15.5 Å². The molecule has 0 bridgehead atoms. The third-order valence-corrected chi connectivity index (χ3v) is 4.47. The molecule has 0 aliphatic heterocycles. The van der Waals surface area contributed by atoms with E-state index in [4.69, 9.17) is 10.5 Å². The molecule has 0 aliphatic carbocycles. The second kappa shape index (κ2) is 6.54. The lowest BCUT2D eigenvalue weighted by atomic mass is 10.0. The molecule has 1 unspecified atom stereocenters. The van der Waals surface area contributed by atoms with Crippen LogP contribution in [-0.4, -0.2) is 6.61 Å². The summed E-state index contributed by atoms with van der Waals surface area (Å²) in [7, 11) is 0. The van der Waals surface area contributed by atoms with Crippen LogP contribution in [-0.2, 0) is 0 Å². The maximum atomic E-state index is 6.24. The zero-order valence-corrected chi connectivity index (χ0v) is 13.2. The normalized spacial score (nSPS) is 12.4. The Hall–Kier alpha value is -0.590. The van der Waals surface area contributed by atoms with Gasteiger partial charge in [-0.3, -0.25) is 0 Å². The zero-order chi connectivity index (χ0) is 13.0. The third kappa shape index (κ3) is 3.46. The molecular formula is C14H16INOS. The maximum absolute atomic E-state index is 6.24. The Kier molecular flexibility index (Phi) is 5.03. The Balaban J connectivity index is 2.09. The molecule has 0 fully saturated rings. The fourth-order valence-electron chi connectivity index (χ4n) is 1.67. The lowest BCUT2D eigenvalue weighted by Gasteiger charge is -2.11. The van der Waals surface area contributed by atoms with E-state index in [-0.39, 0.29) is 6.04 Å². The molecule has 4 heteroatoms. The minimum atomic E-state index is -0.0509. The van der Waals surface area contributed by atoms with Crippen molar-refractivity contribution in [2.75, 3.05) is 6.61 Å². The highest BCUT2D eigenvalue weighted by Crippen LogP contribution is 2.26. The van der Waals surface area contributed by atoms with Crippen molar-refractivity contribution in [2.45, 2.75) is 19.4 Å². The van der Waals surface area contributed by atoms with Crippen LogP contribution in [0.5, 0.6) is 5.75 Å². The number of hydrogen-bond acceptors (Lipinski definition) is 3. The van der Waals surface area contributed by atoms with Gasteiger partial charge < -0.3 is 10.5 Å². The number of benzene rings is 1. The summed E-state index contributed by atoms with van der Waals surface area (Å²) in [6.07, 6.45) is 1.02. The van der Waals surface area contributed by atoms with Gasteiger partial charge in [0.25, 0.3) is 0 Å². The molecule has 18 heavy (non-hydrogen) atoms. The molecule has 1 heterocycles. The molecule has 1 aromatic heterocycles. The molecule has 2 rings (SSSR count). The zero-order valence-electron chi connectivity index (χ0n) is 10.2. The number of hydrogen-bond donors (Lipinski definition) is 1. The Morgan fingerprint density at radius 1 is 1.28 bits per heavy atom. The highest BCUT2D eigenvalue weighted by molar-refractivity contribution is 14.1. The summed E-state index contributed by atoms with van der Waals surface area (Å²) < 4.78 is 6.82. The van der Waals surface area contributed by atoms with Crippen LogP contribution in [0.2, 0.25) is 0 Å². The summed E-state index contributed by atoms with van der Waals surface area (Å²) in [5, 5.41) is 2.12. The van der Waals surface area contributed by atoms with Gasteiger partial charge in [0.15, 0.2) is 0 Å². The lowest BCUT2D eigenvalue weighted by Crippen LogP contribution is -2.10. The van der Waals surface area contributed by atoms with Crippen molar-refractivity contribution in [3.8, 4) is 5.75 Å². The van der Waals surface area contributed by atoms with Gasteiger partial charge in [-0.2, -0.15) is 0 Å². The van der Waals surface area contributed by atoms with Crippen molar-refractivity contribution in [1.29, 1.82) is 0 Å². The maximum Gasteiger partial charge on any atom is 0.119 e. The molecule has 0 amide bonds. The Morgan fingerprint density at radius 2 is 2.00 bits per heavy atom. The van der Waals surface area contributed by atoms with Gasteiger partial charge in [-0.25, -0.2) is 0 Å². The third-order valence-electron chi connectivity index (χ3n) is 2.66. The van der Waals surface area contributed by atoms with Gasteiger partial charge in [0, 0.05) is 0 Å². The molecule has 0 saturated carbocycles. The number of nitrogens with two attached hydrogens (primary N) is 1. The Morgan fingerprint density at radius 3 is 2.56 bits per heavy atom. The van der Waals surface area contributed by atoms with Gasteiger partial charge in [0.2, 0.25) is 0 Å². The summed E-state index contributed by atoms with van der Waals surface area (Å²) >= 11 is 4.04. The van der Waals surface area contributed by atoms with E-state index in [0.717, 1.165) is 24.3 Å². The molecule has 96 valence electrons. The van der Waals surface area contributed by atoms with Gasteiger partial charge >= 0.3 is 0 Å². The van der Waals surface area contributed by atoms with Crippen LogP contribution in [0.25, 0.3) is 0 Å². The van der Waals surface area contributed by atoms with Crippen LogP contribution in [0.1, 0.15) is 30.5 Å². The van der Waals surface area contributed by atoms with Crippen molar-refractivity contribution in [3.05, 3.63) is 49.7 Å². The topological polar surface area (TPSA) is 35.2 Å². The van der Waals surface area contributed by atoms with E-state index in [0.29, 0.717) is 0 Å². The van der Waals surface area contributed by atoms with Crippen LogP contribution in [0.15, 0.2) is 35.7 Å². The fraction of sp³-hybridized carbons (Fsp3) is 0.286. The highest BCUT2D eigenvalue weighted by Gasteiger charge is 2.10. The van der Waals surface area contributed by atoms with Gasteiger partial charge in [-0.1, -0.05) is 19.1 Å². The molecule has 0 aliphatic rings. The monoisotopic (exact) mass is 373 g/mol. The van der Waals surface area contributed by atoms with Gasteiger partial charge in [0.1, 0.15) is 5.75 Å². The van der Waals surface area contributed by atoms with Crippen LogP contribution in [0.4, 0.5) is 0 Å². The largest absolute Gasteiger partial charge is 0.494 e. The second-order valence-electron chi connectivity index (χ2n) is 4.08. The van der Waals surface area contributed by atoms with E-state index < -0.39 is 0 Å². The number of ether oxygens (including phenoxy) is 1. The van der Waals surface area contributed by atoms with E-state index in [2.05, 4.69) is 41.0 Å². The van der Waals surface area contributed by atoms with Crippen molar-refractivity contribution in [2.24, 2.45) is 5.73 Å². The van der Waals surface area contributed by atoms with E-state index in [9.17, 15) is 0 Å². The highest BCUT2D eigenvalue weighted by atomic mass is 127. The molecule has 1 atom stereocenters. The van der Waals surface area contributed by atoms with Crippen LogP contribution >= 0.6 is 33.9 Å². The lowest BCUT2D eigenvalue weighted by molar-refractivity contribution is 0.317. The predicted molar refractivity (Wildman–Crippen MR) is 85.3 cm³/mol. The van der Waals surface area contributed by atoms with Crippen LogP contribution < -0.4 is 10.5 Å². The summed E-state index contributed by atoms with van der Waals surface area (Å²) in [5.41, 5.74) is 8.53. The van der Waals surface area contributed by atoms with Crippen molar-refractivity contribution >= 4 is 33.9 Å². The molecule has 2 N–H and O–H groups in total. The van der Waals surface area contributed by atoms with E-state index in [1.807, 2.05) is 24.3 Å². The van der Waals surface area contributed by atoms with Crippen molar-refractivity contribution in [1.82, 2.24) is 0 Å². The number of halogens is 1. The predicted octanol–water partition coefficient (Wildman–Crippen LogP) is 4.19. The van der Waals surface area contributed by atoms with Crippen molar-refractivity contribution in [3.63, 3.8) is 0 Å². The minimum Gasteiger partial charge on any atom is -0.494 e. The summed E-state index contributed by atoms with van der Waals surface area (Å²) in [6, 6.07) is 10.1. The van der Waals surface area contributed by atoms with Crippen LogP contribution in [0.3, 0.4) is 0 Å². The summed E-state index contributed by atoms with van der Waals surface area (Å²) in [4.78, 5) is 0. The molecular weight excluding hydrogens is 357 g/mol. The Bertz CT molecular complexity index is 495. The van der Waals surface area contributed by atoms with E-state index >= 15 is 0 Å². The Labute approximate surface area is 125 Å². The first-order valence-electron chi connectivity index (χ1n) is 5.93. The summed E-state index contributed by atoms with van der Waals surface area (Å²) in [6.45, 7) is 2.86. The molecule has 0 saturated heterocycles. The fourth-order valence-corrected chi connectivity index (χ4v) is 3.08. The number of rotatable bonds is 5. The average Bonchev–Trinajstić information content (AvgIpc) is 2.83. The first kappa shape index (κ1) is 13.8. The van der Waals surface area contributed by atoms with E-state index in [1.54, 1.807) is 11.3 Å². The van der Waals surface area contributed by atoms with E-state index in [1.165, 1.54) is 8.45 Å². The smallest absolute Gasteiger partial charge is 0.119 e. The molecule has 2 aromatic rings.